The van der Waals surface area contributed by atoms with Crippen molar-refractivity contribution in [3.05, 3.63) is 48.8 Å². The highest BCUT2D eigenvalue weighted by Gasteiger charge is 2.09. The van der Waals surface area contributed by atoms with Crippen molar-refractivity contribution in [1.29, 1.82) is 0 Å². The molecule has 0 rings (SSSR count). The first-order valence-electron chi connectivity index (χ1n) is 4.95. The molecule has 0 radical (unpaired) electrons. The van der Waals surface area contributed by atoms with Gasteiger partial charge in [0, 0.05) is 0 Å². The number of carbonyl (C=O) groups excluding carboxylic acids is 1. The van der Waals surface area contributed by atoms with Gasteiger partial charge in [0.05, 0.1) is 11.8 Å². The minimum absolute atomic E-state index is 0.412. The van der Waals surface area contributed by atoms with Crippen LogP contribution < -0.4 is 0 Å². The van der Waals surface area contributed by atoms with E-state index in [-0.39, 0.29) is 0 Å². The summed E-state index contributed by atoms with van der Waals surface area (Å²) in [5.74, 6) is -0.412. The maximum absolute atomic E-state index is 11.3. The van der Waals surface area contributed by atoms with Gasteiger partial charge < -0.3 is 4.74 Å². The van der Waals surface area contributed by atoms with Crippen LogP contribution in [0.1, 0.15) is 27.7 Å². The Hall–Kier alpha value is -1.57. The first-order chi connectivity index (χ1) is 7.17. The maximum atomic E-state index is 11.3. The molecular weight excluding hydrogens is 188 g/mol. The predicted octanol–water partition coefficient (Wildman–Crippen LogP) is 3.78. The van der Waals surface area contributed by atoms with Crippen molar-refractivity contribution in [1.82, 2.24) is 0 Å². The molecule has 0 unspecified atom stereocenters. The van der Waals surface area contributed by atoms with Gasteiger partial charge in [0.1, 0.15) is 0 Å². The molecule has 0 aliphatic rings. The third-order valence-corrected chi connectivity index (χ3v) is 1.55. The van der Waals surface area contributed by atoms with Crippen molar-refractivity contribution in [2.45, 2.75) is 27.7 Å². The number of esters is 1. The monoisotopic (exact) mass is 208 g/mol. The lowest BCUT2D eigenvalue weighted by Gasteiger charge is -2.03. The van der Waals surface area contributed by atoms with E-state index in [1.807, 2.05) is 33.8 Å². The average Bonchev–Trinajstić information content (AvgIpc) is 2.28. The van der Waals surface area contributed by atoms with E-state index in [9.17, 15) is 4.79 Å². The van der Waals surface area contributed by atoms with Gasteiger partial charge in [-0.2, -0.15) is 0 Å². The second-order valence-electron chi connectivity index (χ2n) is 2.36. The van der Waals surface area contributed by atoms with E-state index in [4.69, 9.17) is 0 Å². The van der Waals surface area contributed by atoms with Crippen molar-refractivity contribution in [2.75, 3.05) is 0 Å². The summed E-state index contributed by atoms with van der Waals surface area (Å²) in [6, 6.07) is 0. The van der Waals surface area contributed by atoms with Gasteiger partial charge in [-0.15, -0.1) is 0 Å². The normalized spacial score (nSPS) is 10.9. The van der Waals surface area contributed by atoms with Gasteiger partial charge in [-0.05, 0) is 25.5 Å². The summed E-state index contributed by atoms with van der Waals surface area (Å²) in [6.45, 7) is 14.5. The van der Waals surface area contributed by atoms with Gasteiger partial charge in [-0.3, -0.25) is 0 Å². The molecule has 0 heterocycles. The molecule has 0 aromatic rings. The zero-order valence-electron chi connectivity index (χ0n) is 10.0. The average molecular weight is 208 g/mol. The summed E-state index contributed by atoms with van der Waals surface area (Å²) < 4.78 is 4.65. The fourth-order valence-electron chi connectivity index (χ4n) is 0.773. The number of allylic oxidation sites excluding steroid dienone is 3. The van der Waals surface area contributed by atoms with Crippen molar-refractivity contribution in [3.8, 4) is 0 Å². The molecule has 0 atom stereocenters. The lowest BCUT2D eigenvalue weighted by atomic mass is 10.1. The number of hydrogen-bond donors (Lipinski definition) is 0. The molecule has 0 bridgehead atoms. The number of carbonyl (C=O) groups is 1. The summed E-state index contributed by atoms with van der Waals surface area (Å²) >= 11 is 0. The molecule has 2 nitrogen and oxygen atoms in total. The Bertz CT molecular complexity index is 270. The Morgan fingerprint density at radius 2 is 1.80 bits per heavy atom. The van der Waals surface area contributed by atoms with Gasteiger partial charge in [-0.1, -0.05) is 39.2 Å². The van der Waals surface area contributed by atoms with Crippen molar-refractivity contribution in [3.63, 3.8) is 0 Å². The molecule has 0 saturated carbocycles. The highest BCUT2D eigenvalue weighted by Crippen LogP contribution is 2.11. The third kappa shape index (κ3) is 6.49. The Morgan fingerprint density at radius 1 is 1.27 bits per heavy atom. The molecule has 0 aromatic heterocycles. The van der Waals surface area contributed by atoms with Crippen molar-refractivity contribution in [2.24, 2.45) is 0 Å². The summed E-state index contributed by atoms with van der Waals surface area (Å²) in [5.41, 5.74) is 1.35. The molecule has 0 fully saturated rings. The Morgan fingerprint density at radius 3 is 2.13 bits per heavy atom. The molecule has 0 saturated heterocycles. The fourth-order valence-corrected chi connectivity index (χ4v) is 0.773. The van der Waals surface area contributed by atoms with Crippen LogP contribution >= 0.6 is 0 Å². The summed E-state index contributed by atoms with van der Waals surface area (Å²) in [7, 11) is 0. The van der Waals surface area contributed by atoms with Crippen LogP contribution in [0.5, 0.6) is 0 Å². The summed E-state index contributed by atoms with van der Waals surface area (Å²) in [5, 5.41) is 0. The molecule has 2 heteroatoms. The largest absolute Gasteiger partial charge is 0.432 e. The van der Waals surface area contributed by atoms with Gasteiger partial charge >= 0.3 is 5.97 Å². The molecule has 84 valence electrons. The molecule has 0 aliphatic carbocycles. The van der Waals surface area contributed by atoms with Crippen LogP contribution in [-0.4, -0.2) is 5.97 Å². The second kappa shape index (κ2) is 10.5. The summed E-state index contributed by atoms with van der Waals surface area (Å²) in [6.07, 6.45) is 6.11. The van der Waals surface area contributed by atoms with E-state index in [2.05, 4.69) is 17.9 Å². The first-order valence-corrected chi connectivity index (χ1v) is 4.95. The van der Waals surface area contributed by atoms with Crippen LogP contribution in [0.4, 0.5) is 0 Å². The summed E-state index contributed by atoms with van der Waals surface area (Å²) in [4.78, 5) is 11.3. The van der Waals surface area contributed by atoms with Gasteiger partial charge in [0.25, 0.3) is 0 Å². The molecule has 0 spiro atoms. The minimum atomic E-state index is -0.412. The lowest BCUT2D eigenvalue weighted by Crippen LogP contribution is -2.04. The van der Waals surface area contributed by atoms with E-state index < -0.39 is 5.97 Å². The smallest absolute Gasteiger partial charge is 0.343 e. The van der Waals surface area contributed by atoms with Crippen LogP contribution in [0.3, 0.4) is 0 Å². The van der Waals surface area contributed by atoms with Gasteiger partial charge in [0.2, 0.25) is 0 Å². The van der Waals surface area contributed by atoms with Crippen molar-refractivity contribution >= 4 is 5.97 Å². The number of hydrogen-bond acceptors (Lipinski definition) is 2. The van der Waals surface area contributed by atoms with E-state index in [1.54, 1.807) is 12.2 Å². The standard InChI is InChI=1S/C11H14O2.C2H6/c1-5-8-10(9(4)6-2)11(12)13-7-3;1-2/h5-8H,1,3H2,2,4H3;1-2H3/b9-6-,10-8+;. The molecule has 15 heavy (non-hydrogen) atoms. The third-order valence-electron chi connectivity index (χ3n) is 1.55. The van der Waals surface area contributed by atoms with Crippen LogP contribution in [-0.2, 0) is 9.53 Å². The molecule has 0 aromatic carbocycles. The molecular formula is C13H20O2. The highest BCUT2D eigenvalue weighted by atomic mass is 16.5. The lowest BCUT2D eigenvalue weighted by molar-refractivity contribution is -0.133. The Kier molecular flexibility index (Phi) is 11.1. The van der Waals surface area contributed by atoms with E-state index in [0.717, 1.165) is 11.8 Å². The predicted molar refractivity (Wildman–Crippen MR) is 65.3 cm³/mol. The quantitative estimate of drug-likeness (QED) is 0.304. The molecule has 0 N–H and O–H groups in total. The SMILES string of the molecule is C=C/C=C(C(=O)OC=C)\C(C)=C/C.CC. The van der Waals surface area contributed by atoms with Gasteiger partial charge in [-0.25, -0.2) is 4.79 Å². The molecule has 0 amide bonds. The highest BCUT2D eigenvalue weighted by molar-refractivity contribution is 5.93. The van der Waals surface area contributed by atoms with E-state index in [0.29, 0.717) is 5.57 Å². The Balaban J connectivity index is 0. The van der Waals surface area contributed by atoms with Crippen LogP contribution in [0, 0.1) is 0 Å². The number of ether oxygens (including phenoxy) is 1. The zero-order valence-corrected chi connectivity index (χ0v) is 10.0. The second-order valence-corrected chi connectivity index (χ2v) is 2.36. The van der Waals surface area contributed by atoms with Crippen LogP contribution in [0.2, 0.25) is 0 Å². The minimum Gasteiger partial charge on any atom is -0.432 e. The molecule has 0 aliphatic heterocycles. The fraction of sp³-hybridized carbons (Fsp3) is 0.308. The van der Waals surface area contributed by atoms with Crippen LogP contribution in [0.15, 0.2) is 48.8 Å². The maximum Gasteiger partial charge on any atom is 0.343 e. The van der Waals surface area contributed by atoms with Crippen LogP contribution in [0.25, 0.3) is 0 Å². The number of rotatable bonds is 4. The zero-order chi connectivity index (χ0) is 12.3. The van der Waals surface area contributed by atoms with Crippen molar-refractivity contribution < 1.29 is 9.53 Å². The van der Waals surface area contributed by atoms with E-state index in [1.165, 1.54) is 0 Å². The Labute approximate surface area is 92.6 Å². The first kappa shape index (κ1) is 15.9. The van der Waals surface area contributed by atoms with Gasteiger partial charge in [0.15, 0.2) is 0 Å². The van der Waals surface area contributed by atoms with E-state index >= 15 is 0 Å². The topological polar surface area (TPSA) is 26.3 Å².